The zero-order chi connectivity index (χ0) is 11.9. The fourth-order valence-electron chi connectivity index (χ4n) is 1.37. The average molecular weight is 224 g/mol. The Balaban J connectivity index is 2.19. The zero-order valence-electron chi connectivity index (χ0n) is 9.55. The van der Waals surface area contributed by atoms with E-state index in [1.54, 1.807) is 25.7 Å². The highest BCUT2D eigenvalue weighted by Gasteiger charge is 1.93. The first-order valence-corrected chi connectivity index (χ1v) is 5.24. The monoisotopic (exact) mass is 224 g/mol. The van der Waals surface area contributed by atoms with Crippen LogP contribution in [0.1, 0.15) is 16.8 Å². The molecule has 17 heavy (non-hydrogen) atoms. The van der Waals surface area contributed by atoms with E-state index in [4.69, 9.17) is 4.74 Å². The third kappa shape index (κ3) is 3.40. The van der Waals surface area contributed by atoms with Crippen LogP contribution in [0.4, 0.5) is 0 Å². The summed E-state index contributed by atoms with van der Waals surface area (Å²) in [7, 11) is 1.66. The second-order valence-electron chi connectivity index (χ2n) is 3.48. The summed E-state index contributed by atoms with van der Waals surface area (Å²) < 4.78 is 5.05. The van der Waals surface area contributed by atoms with Crippen LogP contribution in [0.3, 0.4) is 0 Å². The summed E-state index contributed by atoms with van der Waals surface area (Å²) in [4.78, 5) is 8.25. The van der Waals surface area contributed by atoms with Crippen molar-refractivity contribution in [3.8, 4) is 11.8 Å². The Bertz CT molecular complexity index is 541. The van der Waals surface area contributed by atoms with Crippen molar-refractivity contribution >= 4 is 0 Å². The van der Waals surface area contributed by atoms with Gasteiger partial charge in [-0.1, -0.05) is 12.0 Å². The molecule has 3 heteroatoms. The van der Waals surface area contributed by atoms with E-state index in [0.29, 0.717) is 6.61 Å². The van der Waals surface area contributed by atoms with Crippen molar-refractivity contribution in [1.82, 2.24) is 9.97 Å². The first-order valence-electron chi connectivity index (χ1n) is 5.24. The van der Waals surface area contributed by atoms with Crippen LogP contribution >= 0.6 is 0 Å². The van der Waals surface area contributed by atoms with Crippen molar-refractivity contribution in [3.05, 3.63) is 59.7 Å². The number of nitrogens with zero attached hydrogens (tertiary/aromatic N) is 2. The molecule has 0 amide bonds. The fraction of sp³-hybridized carbons (Fsp3) is 0.143. The van der Waals surface area contributed by atoms with Crippen molar-refractivity contribution in [2.24, 2.45) is 0 Å². The summed E-state index contributed by atoms with van der Waals surface area (Å²) >= 11 is 0. The van der Waals surface area contributed by atoms with Gasteiger partial charge in [0.1, 0.15) is 5.69 Å². The third-order valence-electron chi connectivity index (χ3n) is 2.11. The molecule has 2 heterocycles. The molecule has 0 fully saturated rings. The van der Waals surface area contributed by atoms with E-state index in [1.165, 1.54) is 0 Å². The molecule has 0 bridgehead atoms. The van der Waals surface area contributed by atoms with Gasteiger partial charge in [0, 0.05) is 31.3 Å². The summed E-state index contributed by atoms with van der Waals surface area (Å²) in [6.45, 7) is 0.548. The number of aromatic nitrogens is 2. The first-order chi connectivity index (χ1) is 8.38. The largest absolute Gasteiger partial charge is 0.380 e. The van der Waals surface area contributed by atoms with Gasteiger partial charge in [0.2, 0.25) is 0 Å². The summed E-state index contributed by atoms with van der Waals surface area (Å²) in [5, 5.41) is 0. The third-order valence-corrected chi connectivity index (χ3v) is 2.11. The van der Waals surface area contributed by atoms with Crippen molar-refractivity contribution in [2.75, 3.05) is 7.11 Å². The van der Waals surface area contributed by atoms with Crippen LogP contribution in [0.15, 0.2) is 42.9 Å². The van der Waals surface area contributed by atoms with Gasteiger partial charge in [0.15, 0.2) is 0 Å². The van der Waals surface area contributed by atoms with E-state index >= 15 is 0 Å². The number of hydrogen-bond donors (Lipinski definition) is 0. The van der Waals surface area contributed by atoms with Gasteiger partial charge < -0.3 is 4.74 Å². The number of hydrogen-bond acceptors (Lipinski definition) is 3. The molecular weight excluding hydrogens is 212 g/mol. The summed E-state index contributed by atoms with van der Waals surface area (Å²) in [5.41, 5.74) is 2.63. The minimum atomic E-state index is 0.548. The lowest BCUT2D eigenvalue weighted by Crippen LogP contribution is -1.90. The maximum Gasteiger partial charge on any atom is 0.113 e. The topological polar surface area (TPSA) is 35.0 Å². The Labute approximate surface area is 101 Å². The highest BCUT2D eigenvalue weighted by atomic mass is 16.5. The van der Waals surface area contributed by atoms with Gasteiger partial charge in [0.25, 0.3) is 0 Å². The van der Waals surface area contributed by atoms with E-state index < -0.39 is 0 Å². The fourth-order valence-corrected chi connectivity index (χ4v) is 1.37. The second kappa shape index (κ2) is 5.78. The Kier molecular flexibility index (Phi) is 3.85. The van der Waals surface area contributed by atoms with Crippen LogP contribution in [0.5, 0.6) is 0 Å². The van der Waals surface area contributed by atoms with E-state index in [1.807, 2.05) is 24.3 Å². The molecule has 0 aliphatic carbocycles. The zero-order valence-corrected chi connectivity index (χ0v) is 9.55. The lowest BCUT2D eigenvalue weighted by Gasteiger charge is -1.98. The summed E-state index contributed by atoms with van der Waals surface area (Å²) in [5.74, 6) is 6.02. The molecule has 0 saturated carbocycles. The minimum Gasteiger partial charge on any atom is -0.380 e. The second-order valence-corrected chi connectivity index (χ2v) is 3.48. The standard InChI is InChI=1S/C14H12N2O/c1-17-11-13-8-12(9-15-10-13)5-6-14-4-2-3-7-16-14/h2-4,7-10H,11H2,1H3. The number of ether oxygens (including phenoxy) is 1. The molecule has 0 aromatic carbocycles. The molecule has 2 aromatic rings. The van der Waals surface area contributed by atoms with Gasteiger partial charge in [-0.3, -0.25) is 4.98 Å². The molecule has 0 unspecified atom stereocenters. The van der Waals surface area contributed by atoms with Crippen molar-refractivity contribution in [1.29, 1.82) is 0 Å². The van der Waals surface area contributed by atoms with Crippen LogP contribution in [-0.4, -0.2) is 17.1 Å². The molecule has 0 atom stereocenters. The predicted molar refractivity (Wildman–Crippen MR) is 65.2 cm³/mol. The molecule has 0 spiro atoms. The Morgan fingerprint density at radius 1 is 1.24 bits per heavy atom. The summed E-state index contributed by atoms with van der Waals surface area (Å²) in [6, 6.07) is 7.62. The molecule has 0 aliphatic rings. The normalized spacial score (nSPS) is 9.47. The molecule has 2 rings (SSSR count). The number of rotatable bonds is 2. The lowest BCUT2D eigenvalue weighted by atomic mass is 10.2. The quantitative estimate of drug-likeness (QED) is 0.732. The first kappa shape index (κ1) is 11.3. The van der Waals surface area contributed by atoms with Crippen molar-refractivity contribution in [2.45, 2.75) is 6.61 Å². The average Bonchev–Trinajstić information content (AvgIpc) is 2.39. The van der Waals surface area contributed by atoms with Crippen LogP contribution in [-0.2, 0) is 11.3 Å². The predicted octanol–water partition coefficient (Wildman–Crippen LogP) is 2.02. The van der Waals surface area contributed by atoms with Crippen LogP contribution in [0, 0.1) is 11.8 Å². The van der Waals surface area contributed by atoms with Gasteiger partial charge in [-0.25, -0.2) is 4.98 Å². The minimum absolute atomic E-state index is 0.548. The Morgan fingerprint density at radius 2 is 2.18 bits per heavy atom. The van der Waals surface area contributed by atoms with Crippen LogP contribution in [0.2, 0.25) is 0 Å². The van der Waals surface area contributed by atoms with E-state index in [-0.39, 0.29) is 0 Å². The van der Waals surface area contributed by atoms with Gasteiger partial charge in [-0.05, 0) is 29.7 Å². The molecule has 0 N–H and O–H groups in total. The van der Waals surface area contributed by atoms with Gasteiger partial charge in [-0.15, -0.1) is 0 Å². The molecule has 84 valence electrons. The molecule has 2 aromatic heterocycles. The SMILES string of the molecule is COCc1cncc(C#Cc2ccccn2)c1. The summed E-state index contributed by atoms with van der Waals surface area (Å²) in [6.07, 6.45) is 5.23. The van der Waals surface area contributed by atoms with Crippen LogP contribution in [0.25, 0.3) is 0 Å². The molecule has 0 saturated heterocycles. The van der Waals surface area contributed by atoms with Gasteiger partial charge >= 0.3 is 0 Å². The van der Waals surface area contributed by atoms with Crippen molar-refractivity contribution in [3.63, 3.8) is 0 Å². The molecule has 3 nitrogen and oxygen atoms in total. The van der Waals surface area contributed by atoms with Crippen molar-refractivity contribution < 1.29 is 4.74 Å². The Morgan fingerprint density at radius 3 is 2.94 bits per heavy atom. The highest BCUT2D eigenvalue weighted by molar-refractivity contribution is 5.39. The highest BCUT2D eigenvalue weighted by Crippen LogP contribution is 2.02. The van der Waals surface area contributed by atoms with E-state index in [0.717, 1.165) is 16.8 Å². The Hall–Kier alpha value is -2.18. The van der Waals surface area contributed by atoms with E-state index in [2.05, 4.69) is 21.8 Å². The lowest BCUT2D eigenvalue weighted by molar-refractivity contribution is 0.184. The number of methoxy groups -OCH3 is 1. The molecule has 0 aliphatic heterocycles. The van der Waals surface area contributed by atoms with Gasteiger partial charge in [0.05, 0.1) is 6.61 Å². The van der Waals surface area contributed by atoms with E-state index in [9.17, 15) is 0 Å². The number of pyridine rings is 2. The smallest absolute Gasteiger partial charge is 0.113 e. The maximum absolute atomic E-state index is 5.05. The molecule has 0 radical (unpaired) electrons. The maximum atomic E-state index is 5.05. The van der Waals surface area contributed by atoms with Gasteiger partial charge in [-0.2, -0.15) is 0 Å². The van der Waals surface area contributed by atoms with Crippen LogP contribution < -0.4 is 0 Å². The molecular formula is C14H12N2O.